The van der Waals surface area contributed by atoms with E-state index in [4.69, 9.17) is 4.74 Å². The van der Waals surface area contributed by atoms with E-state index in [1.54, 1.807) is 7.11 Å². The molecule has 6 nitrogen and oxygen atoms in total. The normalized spacial score (nSPS) is 24.3. The van der Waals surface area contributed by atoms with Crippen LogP contribution in [0.1, 0.15) is 71.6 Å². The zero-order chi connectivity index (χ0) is 20.4. The van der Waals surface area contributed by atoms with Crippen molar-refractivity contribution in [1.29, 1.82) is 0 Å². The Bertz CT molecular complexity index is 466. The number of methoxy groups -OCH3 is 1. The molecule has 28 heavy (non-hydrogen) atoms. The highest BCUT2D eigenvalue weighted by Gasteiger charge is 2.41. The number of nitrogens with zero attached hydrogens (tertiary/aromatic N) is 2. The maximum Gasteiger partial charge on any atom is 0.236 e. The Morgan fingerprint density at radius 1 is 1.07 bits per heavy atom. The molecule has 1 unspecified atom stereocenters. The van der Waals surface area contributed by atoms with Crippen LogP contribution in [0.5, 0.6) is 0 Å². The summed E-state index contributed by atoms with van der Waals surface area (Å²) in [5, 5.41) is 3.13. The van der Waals surface area contributed by atoms with E-state index < -0.39 is 0 Å². The summed E-state index contributed by atoms with van der Waals surface area (Å²) in [5.74, 6) is 1.01. The number of hydrogen-bond acceptors (Lipinski definition) is 4. The molecule has 2 saturated heterocycles. The largest absolute Gasteiger partial charge is 0.385 e. The predicted octanol–water partition coefficient (Wildman–Crippen LogP) is 2.81. The molecular weight excluding hydrogens is 354 g/mol. The lowest BCUT2D eigenvalue weighted by Gasteiger charge is -2.39. The van der Waals surface area contributed by atoms with Gasteiger partial charge in [0.1, 0.15) is 0 Å². The third kappa shape index (κ3) is 7.03. The molecule has 2 aliphatic heterocycles. The molecule has 0 aromatic carbocycles. The van der Waals surface area contributed by atoms with Crippen molar-refractivity contribution in [2.24, 2.45) is 5.92 Å². The second-order valence-electron chi connectivity index (χ2n) is 8.53. The van der Waals surface area contributed by atoms with Gasteiger partial charge in [-0.3, -0.25) is 14.5 Å². The number of rotatable bonds is 13. The first-order chi connectivity index (χ1) is 13.6. The lowest BCUT2D eigenvalue weighted by Crippen LogP contribution is -2.50. The smallest absolute Gasteiger partial charge is 0.236 e. The van der Waals surface area contributed by atoms with Gasteiger partial charge in [0, 0.05) is 51.9 Å². The van der Waals surface area contributed by atoms with Crippen LogP contribution in [0.3, 0.4) is 0 Å². The van der Waals surface area contributed by atoms with E-state index in [9.17, 15) is 9.59 Å². The fraction of sp³-hybridized carbons (Fsp3) is 0.909. The molecule has 0 saturated carbocycles. The van der Waals surface area contributed by atoms with E-state index in [0.717, 1.165) is 64.8 Å². The van der Waals surface area contributed by atoms with Gasteiger partial charge < -0.3 is 15.0 Å². The monoisotopic (exact) mass is 395 g/mol. The molecule has 6 heteroatoms. The second-order valence-corrected chi connectivity index (χ2v) is 8.53. The summed E-state index contributed by atoms with van der Waals surface area (Å²) >= 11 is 0. The molecule has 2 rings (SSSR count). The SMILES string of the molecule is CCCN(CCC)C(=O)CN1[C@@H]2CC[C@H]1CC(CNC(=O)CCCCOC)C2. The van der Waals surface area contributed by atoms with Crippen molar-refractivity contribution < 1.29 is 14.3 Å². The Kier molecular flexibility index (Phi) is 10.3. The van der Waals surface area contributed by atoms with Crippen LogP contribution in [-0.2, 0) is 14.3 Å². The van der Waals surface area contributed by atoms with E-state index in [1.807, 2.05) is 4.90 Å². The number of carbonyl (C=O) groups is 2. The first-order valence-electron chi connectivity index (χ1n) is 11.4. The number of ether oxygens (including phenoxy) is 1. The quantitative estimate of drug-likeness (QED) is 0.487. The number of amides is 2. The summed E-state index contributed by atoms with van der Waals surface area (Å²) in [6.07, 6.45) is 9.06. The van der Waals surface area contributed by atoms with Crippen LogP contribution in [-0.4, -0.2) is 73.6 Å². The molecule has 2 fully saturated rings. The first-order valence-corrected chi connectivity index (χ1v) is 11.4. The lowest BCUT2D eigenvalue weighted by molar-refractivity contribution is -0.134. The Hall–Kier alpha value is -1.14. The number of hydrogen-bond donors (Lipinski definition) is 1. The van der Waals surface area contributed by atoms with Crippen LogP contribution in [0.25, 0.3) is 0 Å². The van der Waals surface area contributed by atoms with Gasteiger partial charge in [-0.15, -0.1) is 0 Å². The van der Waals surface area contributed by atoms with Gasteiger partial charge >= 0.3 is 0 Å². The average molecular weight is 396 g/mol. The van der Waals surface area contributed by atoms with Crippen LogP contribution in [0.4, 0.5) is 0 Å². The maximum atomic E-state index is 12.8. The summed E-state index contributed by atoms with van der Waals surface area (Å²) in [4.78, 5) is 29.3. The van der Waals surface area contributed by atoms with E-state index in [1.165, 1.54) is 12.8 Å². The van der Waals surface area contributed by atoms with Gasteiger partial charge in [-0.05, 0) is 57.3 Å². The third-order valence-electron chi connectivity index (χ3n) is 6.23. The molecule has 2 aliphatic rings. The number of piperidine rings is 1. The number of nitrogens with one attached hydrogen (secondary N) is 1. The topological polar surface area (TPSA) is 61.9 Å². The molecule has 0 aromatic rings. The molecule has 2 heterocycles. The Balaban J connectivity index is 1.74. The zero-order valence-electron chi connectivity index (χ0n) is 18.3. The molecule has 3 atom stereocenters. The van der Waals surface area contributed by atoms with Gasteiger partial charge in [0.2, 0.25) is 11.8 Å². The maximum absolute atomic E-state index is 12.8. The van der Waals surface area contributed by atoms with E-state index in [-0.39, 0.29) is 5.91 Å². The molecule has 0 radical (unpaired) electrons. The Morgan fingerprint density at radius 3 is 2.29 bits per heavy atom. The average Bonchev–Trinajstić information content (AvgIpc) is 2.91. The summed E-state index contributed by atoms with van der Waals surface area (Å²) in [5.41, 5.74) is 0. The van der Waals surface area contributed by atoms with E-state index >= 15 is 0 Å². The third-order valence-corrected chi connectivity index (χ3v) is 6.23. The van der Waals surface area contributed by atoms with Gasteiger partial charge in [-0.2, -0.15) is 0 Å². The molecule has 2 bridgehead atoms. The molecule has 0 aromatic heterocycles. The van der Waals surface area contributed by atoms with Crippen molar-refractivity contribution >= 4 is 11.8 Å². The summed E-state index contributed by atoms with van der Waals surface area (Å²) in [7, 11) is 1.69. The van der Waals surface area contributed by atoms with Crippen LogP contribution >= 0.6 is 0 Å². The van der Waals surface area contributed by atoms with E-state index in [0.29, 0.717) is 36.9 Å². The molecular formula is C22H41N3O3. The van der Waals surface area contributed by atoms with Crippen LogP contribution in [0.15, 0.2) is 0 Å². The highest BCUT2D eigenvalue weighted by molar-refractivity contribution is 5.78. The summed E-state index contributed by atoms with van der Waals surface area (Å²) < 4.78 is 5.03. The molecule has 2 amide bonds. The minimum Gasteiger partial charge on any atom is -0.385 e. The molecule has 162 valence electrons. The van der Waals surface area contributed by atoms with Gasteiger partial charge in [0.25, 0.3) is 0 Å². The molecule has 1 N–H and O–H groups in total. The molecule has 0 spiro atoms. The van der Waals surface area contributed by atoms with Crippen molar-refractivity contribution in [1.82, 2.24) is 15.1 Å². The fourth-order valence-corrected chi connectivity index (χ4v) is 4.85. The zero-order valence-corrected chi connectivity index (χ0v) is 18.3. The van der Waals surface area contributed by atoms with Gasteiger partial charge in [-0.25, -0.2) is 0 Å². The Labute approximate surface area is 171 Å². The van der Waals surface area contributed by atoms with Gasteiger partial charge in [0.15, 0.2) is 0 Å². The standard InChI is InChI=1S/C22H41N3O3/c1-4-11-24(12-5-2)22(27)17-25-19-9-10-20(25)15-18(14-19)16-23-21(26)8-6-7-13-28-3/h18-20H,4-17H2,1-3H3,(H,23,26)/t18?,19-,20+. The van der Waals surface area contributed by atoms with Crippen LogP contribution in [0, 0.1) is 5.92 Å². The Morgan fingerprint density at radius 2 is 1.71 bits per heavy atom. The number of carbonyl (C=O) groups excluding carboxylic acids is 2. The van der Waals surface area contributed by atoms with Crippen molar-refractivity contribution in [2.45, 2.75) is 83.7 Å². The summed E-state index contributed by atoms with van der Waals surface area (Å²) in [6.45, 7) is 8.10. The highest BCUT2D eigenvalue weighted by atomic mass is 16.5. The lowest BCUT2D eigenvalue weighted by atomic mass is 9.90. The van der Waals surface area contributed by atoms with Crippen molar-refractivity contribution in [3.8, 4) is 0 Å². The minimum absolute atomic E-state index is 0.163. The highest BCUT2D eigenvalue weighted by Crippen LogP contribution is 2.38. The number of fused-ring (bicyclic) bond motifs is 2. The van der Waals surface area contributed by atoms with E-state index in [2.05, 4.69) is 24.1 Å². The number of unbranched alkanes of at least 4 members (excludes halogenated alkanes) is 1. The second kappa shape index (κ2) is 12.4. The van der Waals surface area contributed by atoms with Crippen molar-refractivity contribution in [2.75, 3.05) is 39.9 Å². The van der Waals surface area contributed by atoms with Crippen LogP contribution < -0.4 is 5.32 Å². The van der Waals surface area contributed by atoms with Crippen molar-refractivity contribution in [3.05, 3.63) is 0 Å². The minimum atomic E-state index is 0.163. The fourth-order valence-electron chi connectivity index (χ4n) is 4.85. The van der Waals surface area contributed by atoms with Crippen LogP contribution in [0.2, 0.25) is 0 Å². The summed E-state index contributed by atoms with van der Waals surface area (Å²) in [6, 6.07) is 1.02. The molecule has 0 aliphatic carbocycles. The van der Waals surface area contributed by atoms with Gasteiger partial charge in [-0.1, -0.05) is 13.8 Å². The predicted molar refractivity (Wildman–Crippen MR) is 112 cm³/mol. The van der Waals surface area contributed by atoms with Crippen molar-refractivity contribution in [3.63, 3.8) is 0 Å². The van der Waals surface area contributed by atoms with Gasteiger partial charge in [0.05, 0.1) is 6.54 Å². The first kappa shape index (κ1) is 23.1.